The molecule has 1 atom stereocenters. The van der Waals surface area contributed by atoms with Gasteiger partial charge in [0.05, 0.1) is 0 Å². The Balaban J connectivity index is 4.49. The van der Waals surface area contributed by atoms with Gasteiger partial charge < -0.3 is 10.6 Å². The summed E-state index contributed by atoms with van der Waals surface area (Å²) >= 11 is 0. The van der Waals surface area contributed by atoms with E-state index in [0.717, 1.165) is 0 Å². The first-order chi connectivity index (χ1) is 10.2. The van der Waals surface area contributed by atoms with Gasteiger partial charge in [0.25, 0.3) is 11.6 Å². The molecule has 0 aliphatic rings. The van der Waals surface area contributed by atoms with E-state index in [1.807, 2.05) is 0 Å². The molecule has 0 aromatic heterocycles. The highest BCUT2D eigenvalue weighted by atomic mass is 19.4. The quantitative estimate of drug-likeness (QED) is 0.550. The van der Waals surface area contributed by atoms with Gasteiger partial charge in [0.1, 0.15) is 0 Å². The van der Waals surface area contributed by atoms with Gasteiger partial charge in [-0.05, 0) is 20.8 Å². The maximum Gasteiger partial charge on any atom is 0.454 e. The van der Waals surface area contributed by atoms with Gasteiger partial charge in [0.15, 0.2) is 0 Å². The number of nitrogens with one attached hydrogen (secondary N) is 2. The summed E-state index contributed by atoms with van der Waals surface area (Å²) < 4.78 is 72.3. The number of allylic oxidation sites excluding steroid dienone is 4. The molecule has 0 aromatic carbocycles. The van der Waals surface area contributed by atoms with E-state index >= 15 is 0 Å². The van der Waals surface area contributed by atoms with E-state index in [-0.39, 0.29) is 17.9 Å². The topological polar surface area (TPSA) is 58.2 Å². The summed E-state index contributed by atoms with van der Waals surface area (Å²) in [7, 11) is 0. The summed E-state index contributed by atoms with van der Waals surface area (Å²) in [4.78, 5) is 21.4. The highest BCUT2D eigenvalue weighted by molar-refractivity contribution is 5.95. The Morgan fingerprint density at radius 3 is 1.70 bits per heavy atom. The molecule has 4 nitrogen and oxygen atoms in total. The largest absolute Gasteiger partial charge is 0.454 e. The Bertz CT molecular complexity index is 506. The standard InChI is InChI=1S/C13H16F6N2O2/c1-7(4-10(22)12(14,15)16)20-6-9(3)21-8(2)5-11(23)13(17,18)19/h4-5,9,20-21H,6H2,1-3H3/b7-4+,8-5+. The second-order valence-electron chi connectivity index (χ2n) is 4.81. The van der Waals surface area contributed by atoms with Crippen molar-refractivity contribution < 1.29 is 35.9 Å². The van der Waals surface area contributed by atoms with Crippen LogP contribution in [0.5, 0.6) is 0 Å². The number of ketones is 2. The van der Waals surface area contributed by atoms with E-state index in [1.54, 1.807) is 0 Å². The molecule has 2 N–H and O–H groups in total. The van der Waals surface area contributed by atoms with Crippen molar-refractivity contribution in [1.82, 2.24) is 10.6 Å². The third-order valence-corrected chi connectivity index (χ3v) is 2.42. The Labute approximate surface area is 128 Å². The van der Waals surface area contributed by atoms with Crippen LogP contribution in [0.25, 0.3) is 0 Å². The normalized spacial score (nSPS) is 15.2. The molecule has 0 spiro atoms. The predicted molar refractivity (Wildman–Crippen MR) is 70.2 cm³/mol. The smallest absolute Gasteiger partial charge is 0.386 e. The number of hydrogen-bond donors (Lipinski definition) is 2. The number of hydrogen-bond acceptors (Lipinski definition) is 4. The van der Waals surface area contributed by atoms with Crippen LogP contribution in [0.4, 0.5) is 26.3 Å². The molecule has 132 valence electrons. The van der Waals surface area contributed by atoms with Crippen LogP contribution < -0.4 is 10.6 Å². The summed E-state index contributed by atoms with van der Waals surface area (Å²) in [5, 5.41) is 5.08. The number of alkyl halides is 6. The van der Waals surface area contributed by atoms with Crippen LogP contribution in [0, 0.1) is 0 Å². The third kappa shape index (κ3) is 8.89. The Morgan fingerprint density at radius 1 is 0.913 bits per heavy atom. The summed E-state index contributed by atoms with van der Waals surface area (Å²) in [5.41, 5.74) is -0.0939. The third-order valence-electron chi connectivity index (χ3n) is 2.42. The van der Waals surface area contributed by atoms with E-state index in [1.165, 1.54) is 20.8 Å². The van der Waals surface area contributed by atoms with Gasteiger partial charge in [-0.3, -0.25) is 9.59 Å². The molecule has 0 heterocycles. The van der Waals surface area contributed by atoms with Crippen LogP contribution in [-0.4, -0.2) is 36.5 Å². The molecule has 0 saturated heterocycles. The minimum absolute atomic E-state index is 0.0266. The number of carbonyl (C=O) groups is 2. The fourth-order valence-corrected chi connectivity index (χ4v) is 1.40. The van der Waals surface area contributed by atoms with E-state index in [0.29, 0.717) is 12.2 Å². The first kappa shape index (κ1) is 21.0. The van der Waals surface area contributed by atoms with Gasteiger partial charge in [0, 0.05) is 36.1 Å². The molecule has 0 aliphatic heterocycles. The lowest BCUT2D eigenvalue weighted by Gasteiger charge is -2.17. The molecule has 23 heavy (non-hydrogen) atoms. The lowest BCUT2D eigenvalue weighted by molar-refractivity contribution is -0.165. The van der Waals surface area contributed by atoms with Crippen molar-refractivity contribution in [3.8, 4) is 0 Å². The molecule has 0 aromatic rings. The minimum Gasteiger partial charge on any atom is -0.386 e. The summed E-state index contributed by atoms with van der Waals surface area (Å²) in [6.07, 6.45) is -9.18. The van der Waals surface area contributed by atoms with Gasteiger partial charge in [-0.15, -0.1) is 0 Å². The summed E-state index contributed by atoms with van der Waals surface area (Å²) in [6.45, 7) is 4.04. The molecule has 0 radical (unpaired) electrons. The zero-order valence-corrected chi connectivity index (χ0v) is 12.5. The minimum atomic E-state index is -4.97. The average Bonchev–Trinajstić information content (AvgIpc) is 2.33. The van der Waals surface area contributed by atoms with E-state index < -0.39 is 30.0 Å². The van der Waals surface area contributed by atoms with Crippen molar-refractivity contribution in [3.05, 3.63) is 23.5 Å². The van der Waals surface area contributed by atoms with Gasteiger partial charge >= 0.3 is 12.4 Å². The maximum atomic E-state index is 12.1. The first-order valence-corrected chi connectivity index (χ1v) is 6.32. The zero-order valence-electron chi connectivity index (χ0n) is 12.5. The summed E-state index contributed by atoms with van der Waals surface area (Å²) in [6, 6.07) is -0.503. The van der Waals surface area contributed by atoms with Crippen molar-refractivity contribution in [2.24, 2.45) is 0 Å². The molecule has 1 unspecified atom stereocenters. The second kappa shape index (κ2) is 8.02. The van der Waals surface area contributed by atoms with Crippen LogP contribution >= 0.6 is 0 Å². The van der Waals surface area contributed by atoms with Crippen molar-refractivity contribution in [3.63, 3.8) is 0 Å². The van der Waals surface area contributed by atoms with E-state index in [2.05, 4.69) is 10.6 Å². The molecule has 0 bridgehead atoms. The van der Waals surface area contributed by atoms with Crippen molar-refractivity contribution >= 4 is 11.6 Å². The van der Waals surface area contributed by atoms with Crippen LogP contribution in [0.3, 0.4) is 0 Å². The predicted octanol–water partition coefficient (Wildman–Crippen LogP) is 2.62. The van der Waals surface area contributed by atoms with Crippen molar-refractivity contribution in [2.45, 2.75) is 39.2 Å². The maximum absolute atomic E-state index is 12.1. The van der Waals surface area contributed by atoms with E-state index in [4.69, 9.17) is 0 Å². The van der Waals surface area contributed by atoms with Crippen molar-refractivity contribution in [1.29, 1.82) is 0 Å². The Kier molecular flexibility index (Phi) is 7.32. The lowest BCUT2D eigenvalue weighted by atomic mass is 10.2. The molecule has 0 amide bonds. The fourth-order valence-electron chi connectivity index (χ4n) is 1.40. The van der Waals surface area contributed by atoms with Crippen molar-refractivity contribution in [2.75, 3.05) is 6.54 Å². The zero-order chi connectivity index (χ0) is 18.4. The SMILES string of the molecule is C/C(=C\C(=O)C(F)(F)F)NCC(C)N/C(C)=C/C(=O)C(F)(F)F. The fraction of sp³-hybridized carbons (Fsp3) is 0.538. The summed E-state index contributed by atoms with van der Waals surface area (Å²) in [5.74, 6) is -4.04. The molecule has 10 heteroatoms. The highest BCUT2D eigenvalue weighted by Crippen LogP contribution is 2.17. The second-order valence-corrected chi connectivity index (χ2v) is 4.81. The average molecular weight is 346 g/mol. The monoisotopic (exact) mass is 346 g/mol. The van der Waals surface area contributed by atoms with Crippen LogP contribution in [0.1, 0.15) is 20.8 Å². The number of halogens is 6. The molecule has 0 aliphatic carbocycles. The molecular formula is C13H16F6N2O2. The molecule has 0 fully saturated rings. The van der Waals surface area contributed by atoms with Crippen LogP contribution in [0.15, 0.2) is 23.5 Å². The number of carbonyl (C=O) groups excluding carboxylic acids is 2. The van der Waals surface area contributed by atoms with Crippen LogP contribution in [-0.2, 0) is 9.59 Å². The van der Waals surface area contributed by atoms with Gasteiger partial charge in [0.2, 0.25) is 0 Å². The Morgan fingerprint density at radius 2 is 1.30 bits per heavy atom. The molecular weight excluding hydrogens is 330 g/mol. The Hall–Kier alpha value is -2.00. The van der Waals surface area contributed by atoms with Gasteiger partial charge in [-0.2, -0.15) is 26.3 Å². The highest BCUT2D eigenvalue weighted by Gasteiger charge is 2.37. The van der Waals surface area contributed by atoms with Gasteiger partial charge in [-0.1, -0.05) is 0 Å². The van der Waals surface area contributed by atoms with Gasteiger partial charge in [-0.25, -0.2) is 0 Å². The molecule has 0 rings (SSSR count). The van der Waals surface area contributed by atoms with E-state index in [9.17, 15) is 35.9 Å². The first-order valence-electron chi connectivity index (χ1n) is 6.32. The molecule has 0 saturated carbocycles. The number of rotatable bonds is 7. The lowest BCUT2D eigenvalue weighted by Crippen LogP contribution is -2.35. The van der Waals surface area contributed by atoms with Crippen LogP contribution in [0.2, 0.25) is 0 Å².